The quantitative estimate of drug-likeness (QED) is 0.630. The summed E-state index contributed by atoms with van der Waals surface area (Å²) in [5.74, 6) is 1.37. The van der Waals surface area contributed by atoms with Crippen LogP contribution < -0.4 is 10.1 Å². The number of rotatable bonds is 6. The number of aryl methyl sites for hydroxylation is 1. The number of furan rings is 1. The Balaban J connectivity index is 1.64. The molecule has 1 aliphatic rings. The number of amides is 2. The van der Waals surface area contributed by atoms with E-state index >= 15 is 0 Å². The highest BCUT2D eigenvalue weighted by Crippen LogP contribution is 2.35. The second kappa shape index (κ2) is 9.67. The van der Waals surface area contributed by atoms with Gasteiger partial charge in [-0.25, -0.2) is 4.79 Å². The highest BCUT2D eigenvalue weighted by Gasteiger charge is 2.27. The summed E-state index contributed by atoms with van der Waals surface area (Å²) < 4.78 is 17.7. The maximum absolute atomic E-state index is 12.0. The fourth-order valence-electron chi connectivity index (χ4n) is 3.99. The topological polar surface area (TPSA) is 81.0 Å². The first-order chi connectivity index (χ1) is 15.1. The van der Waals surface area contributed by atoms with Gasteiger partial charge in [0.05, 0.1) is 18.0 Å². The van der Waals surface area contributed by atoms with E-state index in [9.17, 15) is 9.59 Å². The van der Waals surface area contributed by atoms with E-state index in [2.05, 4.69) is 11.9 Å². The Labute approximate surface area is 189 Å². The molecule has 1 aliphatic carbocycles. The monoisotopic (exact) mass is 442 g/mol. The summed E-state index contributed by atoms with van der Waals surface area (Å²) in [5, 5.41) is 3.90. The number of hydrogen-bond donors (Lipinski definition) is 1. The van der Waals surface area contributed by atoms with Gasteiger partial charge in [0.1, 0.15) is 22.7 Å². The zero-order chi connectivity index (χ0) is 23.5. The van der Waals surface area contributed by atoms with Crippen LogP contribution in [0.2, 0.25) is 0 Å². The average Bonchev–Trinajstić information content (AvgIpc) is 3.03. The molecular weight excluding hydrogens is 408 g/mol. The number of fused-ring (bicyclic) bond motifs is 1. The Morgan fingerprint density at radius 1 is 1.25 bits per heavy atom. The molecular formula is C25H34N2O5. The molecule has 0 spiro atoms. The van der Waals surface area contributed by atoms with Crippen LogP contribution in [0.25, 0.3) is 11.0 Å². The van der Waals surface area contributed by atoms with Crippen molar-refractivity contribution < 1.29 is 23.5 Å². The van der Waals surface area contributed by atoms with E-state index < -0.39 is 5.60 Å². The molecule has 1 saturated carbocycles. The summed E-state index contributed by atoms with van der Waals surface area (Å²) in [4.78, 5) is 25.4. The second-order valence-electron chi connectivity index (χ2n) is 9.42. The van der Waals surface area contributed by atoms with Crippen molar-refractivity contribution in [3.05, 3.63) is 42.2 Å². The molecule has 1 heterocycles. The van der Waals surface area contributed by atoms with E-state index in [1.807, 2.05) is 45.9 Å². The van der Waals surface area contributed by atoms with Gasteiger partial charge in [-0.1, -0.05) is 12.6 Å². The first-order valence-electron chi connectivity index (χ1n) is 11.1. The molecule has 1 aromatic heterocycles. The van der Waals surface area contributed by atoms with Gasteiger partial charge in [0.25, 0.3) is 0 Å². The van der Waals surface area contributed by atoms with Crippen LogP contribution in [0.1, 0.15) is 57.8 Å². The SMILES string of the molecule is C=CC(=O)N(C)Cc1oc2cccc(OC3CCC(NC(=O)OC(C)(C)C)CC3)c2c1C. The minimum Gasteiger partial charge on any atom is -0.490 e. The summed E-state index contributed by atoms with van der Waals surface area (Å²) in [5.41, 5.74) is 1.22. The Morgan fingerprint density at radius 3 is 2.56 bits per heavy atom. The minimum atomic E-state index is -0.502. The van der Waals surface area contributed by atoms with E-state index in [1.54, 1.807) is 11.9 Å². The average molecular weight is 443 g/mol. The fourth-order valence-corrected chi connectivity index (χ4v) is 3.99. The summed E-state index contributed by atoms with van der Waals surface area (Å²) in [7, 11) is 1.72. The zero-order valence-electron chi connectivity index (χ0n) is 19.7. The van der Waals surface area contributed by atoms with Crippen LogP contribution in [0.5, 0.6) is 5.75 Å². The van der Waals surface area contributed by atoms with Gasteiger partial charge in [0, 0.05) is 18.7 Å². The third-order valence-electron chi connectivity index (χ3n) is 5.63. The van der Waals surface area contributed by atoms with Crippen molar-refractivity contribution in [3.63, 3.8) is 0 Å². The maximum atomic E-state index is 12.0. The van der Waals surface area contributed by atoms with Crippen molar-refractivity contribution in [2.45, 2.75) is 77.7 Å². The van der Waals surface area contributed by atoms with Gasteiger partial charge in [-0.3, -0.25) is 4.79 Å². The van der Waals surface area contributed by atoms with Gasteiger partial charge in [-0.2, -0.15) is 0 Å². The summed E-state index contributed by atoms with van der Waals surface area (Å²) in [6, 6.07) is 5.88. The molecule has 1 aromatic carbocycles. The standard InChI is InChI=1S/C25H34N2O5/c1-7-22(28)27(6)15-21-16(2)23-19(9-8-10-20(23)31-21)30-18-13-11-17(12-14-18)26-24(29)32-25(3,4)5/h7-10,17-18H,1,11-15H2,2-6H3,(H,26,29). The molecule has 0 atom stereocenters. The fraction of sp³-hybridized carbons (Fsp3) is 0.520. The Bertz CT molecular complexity index is 980. The van der Waals surface area contributed by atoms with Crippen molar-refractivity contribution in [2.24, 2.45) is 0 Å². The van der Waals surface area contributed by atoms with Gasteiger partial charge in [0.2, 0.25) is 5.91 Å². The molecule has 3 rings (SSSR count). The second-order valence-corrected chi connectivity index (χ2v) is 9.42. The Kier molecular flexibility index (Phi) is 7.16. The molecule has 2 aromatic rings. The summed E-state index contributed by atoms with van der Waals surface area (Å²) in [6.07, 6.45) is 4.36. The number of carbonyl (C=O) groups excluding carboxylic acids is 2. The number of nitrogens with one attached hydrogen (secondary N) is 1. The molecule has 0 aliphatic heterocycles. The lowest BCUT2D eigenvalue weighted by molar-refractivity contribution is -0.125. The predicted molar refractivity (Wildman–Crippen MR) is 124 cm³/mol. The van der Waals surface area contributed by atoms with Crippen LogP contribution in [0, 0.1) is 6.92 Å². The molecule has 0 radical (unpaired) electrons. The number of ether oxygens (including phenoxy) is 2. The van der Waals surface area contributed by atoms with Crippen LogP contribution in [-0.4, -0.2) is 41.7 Å². The number of alkyl carbamates (subject to hydrolysis) is 1. The van der Waals surface area contributed by atoms with E-state index in [-0.39, 0.29) is 24.1 Å². The Morgan fingerprint density at radius 2 is 1.94 bits per heavy atom. The third-order valence-corrected chi connectivity index (χ3v) is 5.63. The molecule has 7 heteroatoms. The van der Waals surface area contributed by atoms with Crippen molar-refractivity contribution in [2.75, 3.05) is 7.05 Å². The lowest BCUT2D eigenvalue weighted by atomic mass is 9.93. The minimum absolute atomic E-state index is 0.0695. The van der Waals surface area contributed by atoms with Crippen molar-refractivity contribution >= 4 is 23.0 Å². The molecule has 1 fully saturated rings. The van der Waals surface area contributed by atoms with Gasteiger partial charge in [-0.05, 0) is 71.6 Å². The summed E-state index contributed by atoms with van der Waals surface area (Å²) in [6.45, 7) is 11.5. The highest BCUT2D eigenvalue weighted by molar-refractivity contribution is 5.89. The van der Waals surface area contributed by atoms with Crippen LogP contribution in [0.3, 0.4) is 0 Å². The molecule has 2 amide bonds. The number of carbonyl (C=O) groups is 2. The van der Waals surface area contributed by atoms with Crippen molar-refractivity contribution in [3.8, 4) is 5.75 Å². The lowest BCUT2D eigenvalue weighted by Gasteiger charge is -2.30. The molecule has 7 nitrogen and oxygen atoms in total. The lowest BCUT2D eigenvalue weighted by Crippen LogP contribution is -2.42. The maximum Gasteiger partial charge on any atom is 0.407 e. The summed E-state index contributed by atoms with van der Waals surface area (Å²) >= 11 is 0. The smallest absolute Gasteiger partial charge is 0.407 e. The number of benzene rings is 1. The number of hydrogen-bond acceptors (Lipinski definition) is 5. The van der Waals surface area contributed by atoms with E-state index in [4.69, 9.17) is 13.9 Å². The predicted octanol–water partition coefficient (Wildman–Crippen LogP) is 5.10. The molecule has 0 bridgehead atoms. The molecule has 174 valence electrons. The Hall–Kier alpha value is -2.96. The molecule has 1 N–H and O–H groups in total. The first-order valence-corrected chi connectivity index (χ1v) is 11.1. The zero-order valence-corrected chi connectivity index (χ0v) is 19.7. The first kappa shape index (κ1) is 23.7. The number of likely N-dealkylation sites (N-methyl/N-ethyl adjacent to an activating group) is 1. The molecule has 32 heavy (non-hydrogen) atoms. The van der Waals surface area contributed by atoms with E-state index in [0.29, 0.717) is 6.54 Å². The van der Waals surface area contributed by atoms with Crippen LogP contribution in [0.4, 0.5) is 4.79 Å². The van der Waals surface area contributed by atoms with E-state index in [1.165, 1.54) is 6.08 Å². The molecule has 0 unspecified atom stereocenters. The largest absolute Gasteiger partial charge is 0.490 e. The highest BCUT2D eigenvalue weighted by atomic mass is 16.6. The number of nitrogens with zero attached hydrogens (tertiary/aromatic N) is 1. The van der Waals surface area contributed by atoms with E-state index in [0.717, 1.165) is 53.7 Å². The molecule has 0 saturated heterocycles. The van der Waals surface area contributed by atoms with Crippen LogP contribution >= 0.6 is 0 Å². The normalized spacial score (nSPS) is 18.8. The van der Waals surface area contributed by atoms with Gasteiger partial charge < -0.3 is 24.1 Å². The van der Waals surface area contributed by atoms with Gasteiger partial charge in [0.15, 0.2) is 0 Å². The van der Waals surface area contributed by atoms with Crippen LogP contribution in [0.15, 0.2) is 35.3 Å². The third kappa shape index (κ3) is 5.84. The van der Waals surface area contributed by atoms with Crippen molar-refractivity contribution in [1.29, 1.82) is 0 Å². The van der Waals surface area contributed by atoms with Gasteiger partial charge in [-0.15, -0.1) is 0 Å². The van der Waals surface area contributed by atoms with Crippen molar-refractivity contribution in [1.82, 2.24) is 10.2 Å². The van der Waals surface area contributed by atoms with Gasteiger partial charge >= 0.3 is 6.09 Å². The van der Waals surface area contributed by atoms with Crippen LogP contribution in [-0.2, 0) is 16.1 Å².